The van der Waals surface area contributed by atoms with Gasteiger partial charge in [0.25, 0.3) is 0 Å². The van der Waals surface area contributed by atoms with Gasteiger partial charge in [-0.15, -0.1) is 16.7 Å². The lowest BCUT2D eigenvalue weighted by molar-refractivity contribution is 0.196. The van der Waals surface area contributed by atoms with Crippen molar-refractivity contribution in [3.63, 3.8) is 0 Å². The number of methoxy groups -OCH3 is 1. The van der Waals surface area contributed by atoms with Crippen LogP contribution < -0.4 is 0 Å². The second-order valence-corrected chi connectivity index (χ2v) is 4.25. The average Bonchev–Trinajstić information content (AvgIpc) is 2.79. The van der Waals surface area contributed by atoms with Crippen molar-refractivity contribution < 1.29 is 4.74 Å². The molecule has 0 fully saturated rings. The molecule has 2 aromatic rings. The highest BCUT2D eigenvalue weighted by Gasteiger charge is 2.14. The van der Waals surface area contributed by atoms with Crippen molar-refractivity contribution in [1.29, 1.82) is 0 Å². The molecule has 0 aliphatic rings. The molecular weight excluding hydrogens is 238 g/mol. The van der Waals surface area contributed by atoms with Crippen LogP contribution >= 0.6 is 11.6 Å². The molecule has 0 bridgehead atoms. The van der Waals surface area contributed by atoms with Gasteiger partial charge in [0, 0.05) is 7.11 Å². The van der Waals surface area contributed by atoms with Crippen LogP contribution in [0, 0.1) is 0 Å². The molecule has 2 rings (SSSR count). The molecule has 0 N–H and O–H groups in total. The van der Waals surface area contributed by atoms with Crippen molar-refractivity contribution in [2.45, 2.75) is 11.9 Å². The summed E-state index contributed by atoms with van der Waals surface area (Å²) in [5.41, 5.74) is 2.04. The largest absolute Gasteiger partial charge is 0.383 e. The van der Waals surface area contributed by atoms with E-state index in [0.717, 1.165) is 5.69 Å². The van der Waals surface area contributed by atoms with Gasteiger partial charge in [-0.25, -0.2) is 4.68 Å². The maximum absolute atomic E-state index is 6.19. The molecule has 0 spiro atoms. The van der Waals surface area contributed by atoms with Crippen molar-refractivity contribution in [2.75, 3.05) is 13.7 Å². The minimum Gasteiger partial charge on any atom is -0.383 e. The molecule has 4 nitrogen and oxygen atoms in total. The Morgan fingerprint density at radius 2 is 2.12 bits per heavy atom. The second kappa shape index (κ2) is 5.80. The molecule has 1 aromatic heterocycles. The average molecular weight is 252 g/mol. The summed E-state index contributed by atoms with van der Waals surface area (Å²) in [5, 5.41) is 7.71. The van der Waals surface area contributed by atoms with Gasteiger partial charge < -0.3 is 4.74 Å². The lowest BCUT2D eigenvalue weighted by atomic mass is 10.2. The fourth-order valence-electron chi connectivity index (χ4n) is 1.62. The zero-order chi connectivity index (χ0) is 12.1. The molecule has 0 aliphatic carbocycles. The summed E-state index contributed by atoms with van der Waals surface area (Å²) in [5.74, 6) is 0. The predicted molar refractivity (Wildman–Crippen MR) is 66.0 cm³/mol. The highest BCUT2D eigenvalue weighted by molar-refractivity contribution is 6.20. The molecule has 1 atom stereocenters. The first-order chi connectivity index (χ1) is 8.31. The van der Waals surface area contributed by atoms with Crippen LogP contribution in [0.1, 0.15) is 16.6 Å². The van der Waals surface area contributed by atoms with Crippen molar-refractivity contribution in [3.8, 4) is 0 Å². The highest BCUT2D eigenvalue weighted by Crippen LogP contribution is 2.19. The molecule has 0 amide bonds. The Hall–Kier alpha value is -1.39. The summed E-state index contributed by atoms with van der Waals surface area (Å²) >= 11 is 6.19. The van der Waals surface area contributed by atoms with E-state index in [9.17, 15) is 0 Å². The van der Waals surface area contributed by atoms with Gasteiger partial charge in [0.1, 0.15) is 5.38 Å². The van der Waals surface area contributed by atoms with Gasteiger partial charge in [-0.2, -0.15) is 0 Å². The van der Waals surface area contributed by atoms with E-state index in [0.29, 0.717) is 13.2 Å². The quantitative estimate of drug-likeness (QED) is 0.766. The number of ether oxygens (including phenoxy) is 1. The normalized spacial score (nSPS) is 12.6. The van der Waals surface area contributed by atoms with Crippen LogP contribution in [0.3, 0.4) is 0 Å². The Morgan fingerprint density at radius 1 is 1.35 bits per heavy atom. The van der Waals surface area contributed by atoms with Gasteiger partial charge in [-0.3, -0.25) is 0 Å². The van der Waals surface area contributed by atoms with Crippen molar-refractivity contribution in [2.24, 2.45) is 0 Å². The van der Waals surface area contributed by atoms with Crippen LogP contribution in [-0.2, 0) is 11.3 Å². The van der Waals surface area contributed by atoms with Crippen LogP contribution in [0.15, 0.2) is 36.5 Å². The molecule has 1 heterocycles. The molecule has 0 radical (unpaired) electrons. The van der Waals surface area contributed by atoms with Crippen molar-refractivity contribution in [3.05, 3.63) is 47.8 Å². The molecular formula is C12H14ClN3O. The molecule has 1 aromatic carbocycles. The lowest BCUT2D eigenvalue weighted by Crippen LogP contribution is -2.10. The smallest absolute Gasteiger partial charge is 0.100 e. The Bertz CT molecular complexity index is 458. The Kier molecular flexibility index (Phi) is 4.12. The first-order valence-electron chi connectivity index (χ1n) is 5.36. The summed E-state index contributed by atoms with van der Waals surface area (Å²) < 4.78 is 6.83. The number of hydrogen-bond donors (Lipinski definition) is 0. The monoisotopic (exact) mass is 251 g/mol. The van der Waals surface area contributed by atoms with Crippen LogP contribution in [0.2, 0.25) is 0 Å². The molecule has 17 heavy (non-hydrogen) atoms. The second-order valence-electron chi connectivity index (χ2n) is 3.73. The fourth-order valence-corrected chi connectivity index (χ4v) is 1.91. The van der Waals surface area contributed by atoms with Gasteiger partial charge in [0.2, 0.25) is 0 Å². The van der Waals surface area contributed by atoms with E-state index in [1.54, 1.807) is 18.0 Å². The van der Waals surface area contributed by atoms with E-state index in [4.69, 9.17) is 16.3 Å². The Morgan fingerprint density at radius 3 is 2.82 bits per heavy atom. The summed E-state index contributed by atoms with van der Waals surface area (Å²) in [6.45, 7) is 1.12. The van der Waals surface area contributed by atoms with Crippen LogP contribution in [0.25, 0.3) is 0 Å². The number of hydrogen-bond acceptors (Lipinski definition) is 3. The number of rotatable bonds is 5. The van der Waals surface area contributed by atoms with Crippen molar-refractivity contribution in [1.82, 2.24) is 15.0 Å². The molecule has 90 valence electrons. The van der Waals surface area contributed by atoms with Gasteiger partial charge in [0.05, 0.1) is 25.0 Å². The number of halogens is 1. The first-order valence-corrected chi connectivity index (χ1v) is 5.80. The molecule has 0 saturated heterocycles. The summed E-state index contributed by atoms with van der Waals surface area (Å²) in [4.78, 5) is 0. The van der Waals surface area contributed by atoms with Gasteiger partial charge in [-0.1, -0.05) is 35.5 Å². The summed E-state index contributed by atoms with van der Waals surface area (Å²) in [6, 6.07) is 10.1. The topological polar surface area (TPSA) is 39.9 Å². The predicted octanol–water partition coefficient (Wildman–Crippen LogP) is 2.25. The van der Waals surface area contributed by atoms with E-state index in [2.05, 4.69) is 10.3 Å². The summed E-state index contributed by atoms with van der Waals surface area (Å²) in [6.07, 6.45) is 1.68. The maximum atomic E-state index is 6.19. The molecule has 0 aliphatic heterocycles. The van der Waals surface area contributed by atoms with Gasteiger partial charge in [-0.05, 0) is 5.56 Å². The van der Waals surface area contributed by atoms with E-state index in [1.807, 2.05) is 30.3 Å². The Labute approximate surface area is 105 Å². The summed E-state index contributed by atoms with van der Waals surface area (Å²) in [7, 11) is 1.63. The number of alkyl halides is 1. The fraction of sp³-hybridized carbons (Fsp3) is 0.333. The zero-order valence-corrected chi connectivity index (χ0v) is 10.3. The molecule has 5 heteroatoms. The zero-order valence-electron chi connectivity index (χ0n) is 9.58. The van der Waals surface area contributed by atoms with Crippen LogP contribution in [-0.4, -0.2) is 28.7 Å². The first kappa shape index (κ1) is 12.1. The third kappa shape index (κ3) is 3.05. The van der Waals surface area contributed by atoms with E-state index in [1.165, 1.54) is 5.56 Å². The SMILES string of the molecule is COCC(Cl)c1cnnn1Cc1ccccc1. The molecule has 0 saturated carbocycles. The number of nitrogens with zero attached hydrogens (tertiary/aromatic N) is 3. The third-order valence-electron chi connectivity index (χ3n) is 2.46. The Balaban J connectivity index is 2.14. The van der Waals surface area contributed by atoms with Gasteiger partial charge >= 0.3 is 0 Å². The van der Waals surface area contributed by atoms with Crippen LogP contribution in [0.5, 0.6) is 0 Å². The van der Waals surface area contributed by atoms with E-state index in [-0.39, 0.29) is 5.38 Å². The lowest BCUT2D eigenvalue weighted by Gasteiger charge is -2.10. The van der Waals surface area contributed by atoms with Gasteiger partial charge in [0.15, 0.2) is 0 Å². The van der Waals surface area contributed by atoms with E-state index >= 15 is 0 Å². The minimum absolute atomic E-state index is 0.223. The third-order valence-corrected chi connectivity index (χ3v) is 2.81. The number of benzene rings is 1. The maximum Gasteiger partial charge on any atom is 0.100 e. The number of aromatic nitrogens is 3. The van der Waals surface area contributed by atoms with Crippen molar-refractivity contribution >= 4 is 11.6 Å². The minimum atomic E-state index is -0.223. The highest BCUT2D eigenvalue weighted by atomic mass is 35.5. The molecule has 1 unspecified atom stereocenters. The van der Waals surface area contributed by atoms with Crippen LogP contribution in [0.4, 0.5) is 0 Å². The standard InChI is InChI=1S/C12H14ClN3O/c1-17-9-11(13)12-7-14-15-16(12)8-10-5-3-2-4-6-10/h2-7,11H,8-9H2,1H3. The van der Waals surface area contributed by atoms with E-state index < -0.39 is 0 Å².